The van der Waals surface area contributed by atoms with Gasteiger partial charge < -0.3 is 5.48 Å². The van der Waals surface area contributed by atoms with Crippen LogP contribution in [0.2, 0.25) is 0 Å². The Kier molecular flexibility index (Phi) is 59.6. The van der Waals surface area contributed by atoms with Crippen LogP contribution in [0.4, 0.5) is 0 Å². The van der Waals surface area contributed by atoms with Crippen molar-refractivity contribution < 1.29 is 28.0 Å². The maximum absolute atomic E-state index is 8.41. The van der Waals surface area contributed by atoms with E-state index in [1.54, 1.807) is 0 Å². The van der Waals surface area contributed by atoms with E-state index in [-0.39, 0.29) is 43.2 Å². The first kappa shape index (κ1) is 16.2. The molecular weight excluding hydrogens is 143 g/mol. The van der Waals surface area contributed by atoms with Gasteiger partial charge in [-0.1, -0.05) is 0 Å². The molecule has 0 aromatic heterocycles. The molecule has 0 aliphatic heterocycles. The molecule has 0 heterocycles. The van der Waals surface area contributed by atoms with Gasteiger partial charge in [0.2, 0.25) is 0 Å². The van der Waals surface area contributed by atoms with Gasteiger partial charge in [-0.05, 0) is 0 Å². The Bertz CT molecular complexity index is 27.9. The fourth-order valence-corrected chi connectivity index (χ4v) is 0. The molecule has 5 heavy (non-hydrogen) atoms. The Hall–Kier alpha value is 1.34. The van der Waals surface area contributed by atoms with Crippen molar-refractivity contribution in [2.24, 2.45) is 0 Å². The molecule has 0 aliphatic carbocycles. The third-order valence-corrected chi connectivity index (χ3v) is 0. The van der Waals surface area contributed by atoms with E-state index < -0.39 is 14.8 Å². The van der Waals surface area contributed by atoms with Crippen molar-refractivity contribution in [2.75, 3.05) is 0 Å². The average Bonchev–Trinajstić information content (AvgIpc) is 0.918. The zero-order valence-electron chi connectivity index (χ0n) is 2.31. The summed E-state index contributed by atoms with van der Waals surface area (Å²) >= 11 is -1.44. The monoisotopic (exact) mass is 143 g/mol. The molecular formula is CaMnO3. The number of rotatable bonds is 0. The molecule has 0 N–H and O–H groups in total. The number of hydrogen-bond donors (Lipinski definition) is 0. The molecule has 0 spiro atoms. The van der Waals surface area contributed by atoms with Crippen molar-refractivity contribution in [1.82, 2.24) is 0 Å². The molecule has 0 unspecified atom stereocenters. The van der Waals surface area contributed by atoms with Crippen molar-refractivity contribution in [3.63, 3.8) is 0 Å². The van der Waals surface area contributed by atoms with Gasteiger partial charge >= 0.3 is 60.2 Å². The third kappa shape index (κ3) is 33.2. The van der Waals surface area contributed by atoms with E-state index in [9.17, 15) is 0 Å². The first-order valence-electron chi connectivity index (χ1n) is 0.309. The van der Waals surface area contributed by atoms with Crippen molar-refractivity contribution in [3.05, 3.63) is 0 Å². The normalized spacial score (nSPS) is 2.40. The van der Waals surface area contributed by atoms with E-state index in [1.807, 2.05) is 0 Å². The summed E-state index contributed by atoms with van der Waals surface area (Å²) in [6, 6.07) is 0. The topological polar surface area (TPSA) is 62.6 Å². The minimum absolute atomic E-state index is 0. The Labute approximate surface area is 65.0 Å². The van der Waals surface area contributed by atoms with Gasteiger partial charge in [-0.15, -0.1) is 0 Å². The van der Waals surface area contributed by atoms with Crippen LogP contribution in [-0.4, -0.2) is 37.7 Å². The summed E-state index contributed by atoms with van der Waals surface area (Å²) in [6.07, 6.45) is 0. The summed E-state index contributed by atoms with van der Waals surface area (Å²) in [4.78, 5) is 0. The van der Waals surface area contributed by atoms with Crippen LogP contribution < -0.4 is 0 Å². The Morgan fingerprint density at radius 1 is 1.20 bits per heavy atom. The summed E-state index contributed by atoms with van der Waals surface area (Å²) in [5, 5.41) is 0. The van der Waals surface area contributed by atoms with E-state index in [4.69, 9.17) is 7.67 Å². The molecule has 0 saturated carbocycles. The van der Waals surface area contributed by atoms with Crippen LogP contribution in [0.25, 0.3) is 0 Å². The van der Waals surface area contributed by atoms with Crippen molar-refractivity contribution in [3.8, 4) is 0 Å². The van der Waals surface area contributed by atoms with Crippen molar-refractivity contribution >= 4 is 37.7 Å². The molecule has 0 bridgehead atoms. The van der Waals surface area contributed by atoms with Crippen molar-refractivity contribution in [2.45, 2.75) is 0 Å². The zero-order chi connectivity index (χ0) is 2.71. The molecule has 27 valence electrons. The first-order chi connectivity index (χ1) is 1.41. The van der Waals surface area contributed by atoms with Gasteiger partial charge in [0, 0.05) is 0 Å². The standard InChI is InChI=1S/Ca.Mn.3O/q+2;;;;-2. The molecule has 0 aromatic carbocycles. The molecule has 0 aromatic rings. The Morgan fingerprint density at radius 2 is 1.20 bits per heavy atom. The maximum atomic E-state index is 8.41. The molecule has 0 amide bonds. The summed E-state index contributed by atoms with van der Waals surface area (Å²) in [6.45, 7) is 0. The van der Waals surface area contributed by atoms with E-state index in [0.717, 1.165) is 0 Å². The van der Waals surface area contributed by atoms with Crippen LogP contribution in [0.1, 0.15) is 0 Å². The fraction of sp³-hybridized carbons (Fsp3) is 0. The predicted molar refractivity (Wildman–Crippen MR) is 7.81 cm³/mol. The second kappa shape index (κ2) is 18.4. The molecule has 5 heteroatoms. The summed E-state index contributed by atoms with van der Waals surface area (Å²) in [5.41, 5.74) is 0. The molecule has 0 aliphatic rings. The molecule has 0 saturated heterocycles. The third-order valence-electron chi connectivity index (χ3n) is 0. The van der Waals surface area contributed by atoms with E-state index in [2.05, 4.69) is 0 Å². The second-order valence-corrected chi connectivity index (χ2v) is 0.260. The zero-order valence-corrected chi connectivity index (χ0v) is 5.70. The molecule has 0 rings (SSSR count). The van der Waals surface area contributed by atoms with Gasteiger partial charge in [0.25, 0.3) is 0 Å². The first-order valence-corrected chi connectivity index (χ1v) is 1.27. The van der Waals surface area contributed by atoms with Gasteiger partial charge in [0.1, 0.15) is 0 Å². The van der Waals surface area contributed by atoms with Gasteiger partial charge in [-0.2, -0.15) is 0 Å². The van der Waals surface area contributed by atoms with Gasteiger partial charge in [-0.3, -0.25) is 0 Å². The average molecular weight is 143 g/mol. The van der Waals surface area contributed by atoms with E-state index in [0.29, 0.717) is 0 Å². The molecule has 0 atom stereocenters. The van der Waals surface area contributed by atoms with Crippen molar-refractivity contribution in [1.29, 1.82) is 0 Å². The van der Waals surface area contributed by atoms with Crippen LogP contribution in [0.5, 0.6) is 0 Å². The Morgan fingerprint density at radius 3 is 1.20 bits per heavy atom. The molecule has 3 nitrogen and oxygen atoms in total. The second-order valence-electron chi connectivity index (χ2n) is 0.0630. The quantitative estimate of drug-likeness (QED) is 0.419. The molecule has 0 fully saturated rings. The van der Waals surface area contributed by atoms with Gasteiger partial charge in [0.15, 0.2) is 0 Å². The fourth-order valence-electron chi connectivity index (χ4n) is 0. The molecule has 0 radical (unpaired) electrons. The van der Waals surface area contributed by atoms with Crippen LogP contribution in [0, 0.1) is 0 Å². The van der Waals surface area contributed by atoms with Gasteiger partial charge in [-0.25, -0.2) is 0 Å². The predicted octanol–water partition coefficient (Wildman–Crippen LogP) is -0.740. The van der Waals surface area contributed by atoms with Gasteiger partial charge in [0.05, 0.1) is 0 Å². The van der Waals surface area contributed by atoms with E-state index >= 15 is 0 Å². The van der Waals surface area contributed by atoms with Crippen LogP contribution >= 0.6 is 0 Å². The Balaban J connectivity index is -0.0000000200. The summed E-state index contributed by atoms with van der Waals surface area (Å²) < 4.78 is 16.8. The minimum atomic E-state index is -1.44. The van der Waals surface area contributed by atoms with Crippen LogP contribution in [-0.2, 0) is 28.0 Å². The van der Waals surface area contributed by atoms with Crippen LogP contribution in [0.3, 0.4) is 0 Å². The summed E-state index contributed by atoms with van der Waals surface area (Å²) in [7, 11) is 0. The SMILES string of the molecule is [Ca+2].[O-2].[O]=[Mn]=[O]. The van der Waals surface area contributed by atoms with Crippen LogP contribution in [0.15, 0.2) is 0 Å². The van der Waals surface area contributed by atoms with E-state index in [1.165, 1.54) is 0 Å². The summed E-state index contributed by atoms with van der Waals surface area (Å²) in [5.74, 6) is 0. The number of hydrogen-bond acceptors (Lipinski definition) is 2.